The molecule has 0 radical (unpaired) electrons. The minimum atomic E-state index is 0.0523. The van der Waals surface area contributed by atoms with Gasteiger partial charge in [0.25, 0.3) is 5.91 Å². The molecule has 0 atom stereocenters. The summed E-state index contributed by atoms with van der Waals surface area (Å²) < 4.78 is 5.58. The Balaban J connectivity index is 1.36. The van der Waals surface area contributed by atoms with Crippen LogP contribution in [0.5, 0.6) is 0 Å². The van der Waals surface area contributed by atoms with Crippen LogP contribution in [0.4, 0.5) is 5.82 Å². The third kappa shape index (κ3) is 3.90. The molecule has 2 aliphatic heterocycles. The maximum Gasteiger partial charge on any atom is 0.254 e. The Kier molecular flexibility index (Phi) is 5.43. The van der Waals surface area contributed by atoms with Crippen molar-refractivity contribution >= 4 is 22.5 Å². The number of fused-ring (bicyclic) bond motifs is 2. The van der Waals surface area contributed by atoms with Crippen molar-refractivity contribution < 1.29 is 9.53 Å². The first-order valence-electron chi connectivity index (χ1n) is 11.8. The lowest BCUT2D eigenvalue weighted by atomic mass is 10.0. The van der Waals surface area contributed by atoms with E-state index in [-0.39, 0.29) is 5.91 Å². The average Bonchev–Trinajstić information content (AvgIpc) is 2.92. The van der Waals surface area contributed by atoms with Crippen LogP contribution in [0.2, 0.25) is 0 Å². The Morgan fingerprint density at radius 1 is 0.824 bits per heavy atom. The van der Waals surface area contributed by atoms with Crippen molar-refractivity contribution in [2.45, 2.75) is 13.0 Å². The second-order valence-electron chi connectivity index (χ2n) is 8.80. The van der Waals surface area contributed by atoms with E-state index < -0.39 is 0 Å². The summed E-state index contributed by atoms with van der Waals surface area (Å²) in [6.07, 6.45) is 0.717. The highest BCUT2D eigenvalue weighted by Gasteiger charge is 2.29. The molecular formula is C28H26N4O2. The zero-order valence-corrected chi connectivity index (χ0v) is 19.0. The maximum absolute atomic E-state index is 13.5. The van der Waals surface area contributed by atoms with Crippen molar-refractivity contribution in [2.24, 2.45) is 0 Å². The Morgan fingerprint density at radius 2 is 1.59 bits per heavy atom. The van der Waals surface area contributed by atoms with Crippen LogP contribution in [0.15, 0.2) is 72.8 Å². The molecule has 1 fully saturated rings. The number of carbonyl (C=O) groups is 1. The molecule has 0 unspecified atom stereocenters. The standard InChI is InChI=1S/C28H26N4O2/c33-28(23-11-10-20-6-4-5-9-22(20)18-23)32-13-12-25-24(19-32)27(31-14-16-34-17-15-31)30-26(29-25)21-7-2-1-3-8-21/h1-11,18H,12-17,19H2. The van der Waals surface area contributed by atoms with Gasteiger partial charge in [-0.2, -0.15) is 0 Å². The minimum absolute atomic E-state index is 0.0523. The van der Waals surface area contributed by atoms with E-state index in [9.17, 15) is 4.79 Å². The molecule has 0 bridgehead atoms. The van der Waals surface area contributed by atoms with Crippen molar-refractivity contribution in [2.75, 3.05) is 37.7 Å². The summed E-state index contributed by atoms with van der Waals surface area (Å²) >= 11 is 0. The normalized spacial score (nSPS) is 15.9. The summed E-state index contributed by atoms with van der Waals surface area (Å²) in [5.74, 6) is 1.73. The van der Waals surface area contributed by atoms with Crippen LogP contribution in [0.3, 0.4) is 0 Å². The van der Waals surface area contributed by atoms with E-state index in [1.165, 1.54) is 0 Å². The van der Waals surface area contributed by atoms with Gasteiger partial charge in [-0.1, -0.05) is 60.7 Å². The molecule has 34 heavy (non-hydrogen) atoms. The maximum atomic E-state index is 13.5. The topological polar surface area (TPSA) is 58.6 Å². The molecule has 4 aromatic rings. The minimum Gasteiger partial charge on any atom is -0.378 e. The number of amides is 1. The van der Waals surface area contributed by atoms with Gasteiger partial charge in [0.2, 0.25) is 0 Å². The smallest absolute Gasteiger partial charge is 0.254 e. The van der Waals surface area contributed by atoms with E-state index in [2.05, 4.69) is 11.0 Å². The van der Waals surface area contributed by atoms with E-state index in [0.29, 0.717) is 32.7 Å². The van der Waals surface area contributed by atoms with Crippen LogP contribution in [0, 0.1) is 0 Å². The molecule has 2 aliphatic rings. The van der Waals surface area contributed by atoms with Gasteiger partial charge in [0.15, 0.2) is 5.82 Å². The molecule has 0 N–H and O–H groups in total. The number of rotatable bonds is 3. The summed E-state index contributed by atoms with van der Waals surface area (Å²) in [4.78, 5) is 27.6. The molecule has 6 heteroatoms. The first-order valence-corrected chi connectivity index (χ1v) is 11.8. The van der Waals surface area contributed by atoms with Gasteiger partial charge in [-0.3, -0.25) is 4.79 Å². The van der Waals surface area contributed by atoms with E-state index in [0.717, 1.165) is 57.9 Å². The summed E-state index contributed by atoms with van der Waals surface area (Å²) in [5.41, 5.74) is 3.83. The molecule has 1 amide bonds. The number of nitrogens with zero attached hydrogens (tertiary/aromatic N) is 4. The van der Waals surface area contributed by atoms with Crippen LogP contribution in [-0.4, -0.2) is 53.6 Å². The number of carbonyl (C=O) groups excluding carboxylic acids is 1. The number of morpholine rings is 1. The largest absolute Gasteiger partial charge is 0.378 e. The Hall–Kier alpha value is -3.77. The highest BCUT2D eigenvalue weighted by atomic mass is 16.5. The van der Waals surface area contributed by atoms with E-state index in [1.54, 1.807) is 0 Å². The lowest BCUT2D eigenvalue weighted by Crippen LogP contribution is -2.41. The number of aromatic nitrogens is 2. The molecule has 3 heterocycles. The number of hydrogen-bond donors (Lipinski definition) is 0. The Bertz CT molecular complexity index is 1350. The fraction of sp³-hybridized carbons (Fsp3) is 0.250. The predicted octanol–water partition coefficient (Wildman–Crippen LogP) is 4.33. The van der Waals surface area contributed by atoms with Gasteiger partial charge in [0.05, 0.1) is 25.5 Å². The lowest BCUT2D eigenvalue weighted by molar-refractivity contribution is 0.0733. The molecule has 0 saturated carbocycles. The second kappa shape index (κ2) is 8.88. The van der Waals surface area contributed by atoms with Gasteiger partial charge in [0, 0.05) is 42.7 Å². The van der Waals surface area contributed by atoms with Crippen molar-refractivity contribution in [1.29, 1.82) is 0 Å². The van der Waals surface area contributed by atoms with Crippen molar-refractivity contribution in [3.63, 3.8) is 0 Å². The highest BCUT2D eigenvalue weighted by Crippen LogP contribution is 2.31. The quantitative estimate of drug-likeness (QED) is 0.465. The van der Waals surface area contributed by atoms with Crippen LogP contribution >= 0.6 is 0 Å². The first-order chi connectivity index (χ1) is 16.8. The monoisotopic (exact) mass is 450 g/mol. The third-order valence-electron chi connectivity index (χ3n) is 6.66. The van der Waals surface area contributed by atoms with Crippen LogP contribution in [0.1, 0.15) is 21.6 Å². The Morgan fingerprint density at radius 3 is 2.41 bits per heavy atom. The zero-order valence-electron chi connectivity index (χ0n) is 19.0. The number of hydrogen-bond acceptors (Lipinski definition) is 5. The summed E-state index contributed by atoms with van der Waals surface area (Å²) in [6.45, 7) is 4.10. The molecule has 1 aromatic heterocycles. The predicted molar refractivity (Wildman–Crippen MR) is 133 cm³/mol. The average molecular weight is 451 g/mol. The van der Waals surface area contributed by atoms with Gasteiger partial charge in [-0.25, -0.2) is 9.97 Å². The third-order valence-corrected chi connectivity index (χ3v) is 6.66. The first kappa shape index (κ1) is 20.8. The Labute approximate surface area is 198 Å². The molecular weight excluding hydrogens is 424 g/mol. The van der Waals surface area contributed by atoms with Gasteiger partial charge in [0.1, 0.15) is 5.82 Å². The van der Waals surface area contributed by atoms with Crippen molar-refractivity contribution in [3.8, 4) is 11.4 Å². The fourth-order valence-electron chi connectivity index (χ4n) is 4.83. The molecule has 0 spiro atoms. The number of benzene rings is 3. The molecule has 1 saturated heterocycles. The highest BCUT2D eigenvalue weighted by molar-refractivity contribution is 5.98. The number of ether oxygens (including phenoxy) is 1. The van der Waals surface area contributed by atoms with Gasteiger partial charge < -0.3 is 14.5 Å². The van der Waals surface area contributed by atoms with E-state index >= 15 is 0 Å². The SMILES string of the molecule is O=C(c1ccc2ccccc2c1)N1CCc2nc(-c3ccccc3)nc(N3CCOCC3)c2C1. The van der Waals surface area contributed by atoms with Gasteiger partial charge in [-0.05, 0) is 22.9 Å². The van der Waals surface area contributed by atoms with Crippen LogP contribution < -0.4 is 4.90 Å². The van der Waals surface area contributed by atoms with E-state index in [4.69, 9.17) is 14.7 Å². The van der Waals surface area contributed by atoms with Crippen molar-refractivity contribution in [3.05, 3.63) is 89.6 Å². The summed E-state index contributed by atoms with van der Waals surface area (Å²) in [7, 11) is 0. The van der Waals surface area contributed by atoms with Crippen LogP contribution in [0.25, 0.3) is 22.2 Å². The summed E-state index contributed by atoms with van der Waals surface area (Å²) in [5, 5.41) is 2.22. The summed E-state index contributed by atoms with van der Waals surface area (Å²) in [6, 6.07) is 24.2. The van der Waals surface area contributed by atoms with Crippen LogP contribution in [-0.2, 0) is 17.7 Å². The lowest BCUT2D eigenvalue weighted by Gasteiger charge is -2.34. The fourth-order valence-corrected chi connectivity index (χ4v) is 4.83. The van der Waals surface area contributed by atoms with Crippen molar-refractivity contribution in [1.82, 2.24) is 14.9 Å². The zero-order chi connectivity index (χ0) is 22.9. The van der Waals surface area contributed by atoms with E-state index in [1.807, 2.05) is 71.6 Å². The van der Waals surface area contributed by atoms with Gasteiger partial charge in [-0.15, -0.1) is 0 Å². The van der Waals surface area contributed by atoms with Gasteiger partial charge >= 0.3 is 0 Å². The molecule has 6 nitrogen and oxygen atoms in total. The second-order valence-corrected chi connectivity index (χ2v) is 8.80. The number of anilines is 1. The molecule has 0 aliphatic carbocycles. The molecule has 3 aromatic carbocycles. The molecule has 6 rings (SSSR count). The molecule has 170 valence electrons.